The number of aliphatic hydroxyl groups excluding tert-OH is 1. The number of methoxy groups -OCH3 is 1. The van der Waals surface area contributed by atoms with E-state index in [1.54, 1.807) is 37.7 Å². The molecule has 1 amide bonds. The van der Waals surface area contributed by atoms with Crippen LogP contribution in [0, 0.1) is 0 Å². The molecule has 2 aromatic carbocycles. The van der Waals surface area contributed by atoms with E-state index in [0.717, 1.165) is 11.1 Å². The fourth-order valence-electron chi connectivity index (χ4n) is 4.67. The quantitative estimate of drug-likeness (QED) is 0.259. The summed E-state index contributed by atoms with van der Waals surface area (Å²) in [7, 11) is 1.60. The largest absolute Gasteiger partial charge is 0.507 e. The highest BCUT2D eigenvalue weighted by Gasteiger charge is 2.47. The van der Waals surface area contributed by atoms with Crippen LogP contribution in [0.25, 0.3) is 5.76 Å². The number of nitrogens with zero attached hydrogens (tertiary/aromatic N) is 2. The summed E-state index contributed by atoms with van der Waals surface area (Å²) in [5.41, 5.74) is 3.34. The maximum atomic E-state index is 13.5. The third-order valence-corrected chi connectivity index (χ3v) is 6.74. The van der Waals surface area contributed by atoms with Crippen LogP contribution in [0.1, 0.15) is 69.8 Å². The molecule has 37 heavy (non-hydrogen) atoms. The van der Waals surface area contributed by atoms with Crippen molar-refractivity contribution in [1.29, 1.82) is 0 Å². The molecule has 1 aliphatic heterocycles. The number of ether oxygens (including phenoxy) is 1. The average Bonchev–Trinajstić information content (AvgIpc) is 3.13. The van der Waals surface area contributed by atoms with E-state index in [0.29, 0.717) is 22.6 Å². The summed E-state index contributed by atoms with van der Waals surface area (Å²) < 4.78 is 5.53. The van der Waals surface area contributed by atoms with Crippen molar-refractivity contribution in [1.82, 2.24) is 4.98 Å². The van der Waals surface area contributed by atoms with Crippen LogP contribution >= 0.6 is 0 Å². The van der Waals surface area contributed by atoms with Crippen molar-refractivity contribution >= 4 is 23.1 Å². The number of hydrogen-bond donors (Lipinski definition) is 1. The lowest BCUT2D eigenvalue weighted by molar-refractivity contribution is -0.132. The minimum absolute atomic E-state index is 0.0305. The molecule has 192 valence electrons. The number of carbonyl (C=O) groups is 2. The van der Waals surface area contributed by atoms with Crippen LogP contribution in [0.4, 0.5) is 5.69 Å². The number of carbonyl (C=O) groups excluding carboxylic acids is 2. The lowest BCUT2D eigenvalue weighted by Gasteiger charge is -2.27. The smallest absolute Gasteiger partial charge is 0.300 e. The molecular formula is C31H34N2O4. The van der Waals surface area contributed by atoms with Crippen LogP contribution in [0.5, 0.6) is 5.75 Å². The van der Waals surface area contributed by atoms with Crippen LogP contribution in [-0.4, -0.2) is 28.9 Å². The number of aromatic nitrogens is 1. The second-order valence-electron chi connectivity index (χ2n) is 11.4. The van der Waals surface area contributed by atoms with Crippen molar-refractivity contribution in [3.05, 3.63) is 94.8 Å². The number of rotatable bonds is 4. The Morgan fingerprint density at radius 3 is 2.16 bits per heavy atom. The Hall–Kier alpha value is -3.93. The van der Waals surface area contributed by atoms with Gasteiger partial charge in [0.25, 0.3) is 11.7 Å². The molecule has 0 radical (unpaired) electrons. The van der Waals surface area contributed by atoms with Crippen molar-refractivity contribution in [2.24, 2.45) is 0 Å². The molecule has 1 unspecified atom stereocenters. The molecule has 1 fully saturated rings. The van der Waals surface area contributed by atoms with Gasteiger partial charge in [-0.1, -0.05) is 59.7 Å². The van der Waals surface area contributed by atoms with E-state index in [4.69, 9.17) is 4.74 Å². The second kappa shape index (κ2) is 9.51. The molecule has 6 nitrogen and oxygen atoms in total. The SMILES string of the molecule is COc1ccc(/C(O)=C2/C(=O)C(=O)N(c3ccc(C(C)(C)C)cc3)C2c2cccnc2)cc1C(C)(C)C. The van der Waals surface area contributed by atoms with Gasteiger partial charge in [0.1, 0.15) is 11.5 Å². The molecule has 2 heterocycles. The first-order valence-electron chi connectivity index (χ1n) is 12.3. The molecular weight excluding hydrogens is 464 g/mol. The number of pyridine rings is 1. The van der Waals surface area contributed by atoms with Gasteiger partial charge < -0.3 is 9.84 Å². The standard InChI is InChI=1S/C31H34N2O4/c1-30(2,3)21-11-13-22(14-12-21)33-26(20-9-8-16-32-18-20)25(28(35)29(33)36)27(34)19-10-15-24(37-7)23(17-19)31(4,5)6/h8-18,26,34H,1-7H3/b27-25-. The van der Waals surface area contributed by atoms with Gasteiger partial charge in [-0.05, 0) is 58.4 Å². The number of anilines is 1. The molecule has 1 aromatic heterocycles. The van der Waals surface area contributed by atoms with Crippen molar-refractivity contribution in [2.75, 3.05) is 12.0 Å². The van der Waals surface area contributed by atoms with Crippen molar-refractivity contribution in [2.45, 2.75) is 58.4 Å². The molecule has 1 aliphatic rings. The zero-order valence-corrected chi connectivity index (χ0v) is 22.5. The summed E-state index contributed by atoms with van der Waals surface area (Å²) in [6.45, 7) is 12.5. The predicted octanol–water partition coefficient (Wildman–Crippen LogP) is 6.31. The van der Waals surface area contributed by atoms with E-state index in [1.165, 1.54) is 4.90 Å². The van der Waals surface area contributed by atoms with Gasteiger partial charge >= 0.3 is 0 Å². The monoisotopic (exact) mass is 498 g/mol. The van der Waals surface area contributed by atoms with E-state index in [1.807, 2.05) is 57.2 Å². The Kier molecular flexibility index (Phi) is 6.72. The van der Waals surface area contributed by atoms with Gasteiger partial charge in [0.15, 0.2) is 0 Å². The number of benzene rings is 2. The van der Waals surface area contributed by atoms with E-state index in [9.17, 15) is 14.7 Å². The summed E-state index contributed by atoms with van der Waals surface area (Å²) in [6, 6.07) is 15.7. The number of hydrogen-bond acceptors (Lipinski definition) is 5. The Labute approximate surface area is 218 Å². The van der Waals surface area contributed by atoms with Crippen LogP contribution in [0.15, 0.2) is 72.6 Å². The highest BCUT2D eigenvalue weighted by molar-refractivity contribution is 6.51. The molecule has 4 rings (SSSR count). The van der Waals surface area contributed by atoms with Gasteiger partial charge in [-0.25, -0.2) is 0 Å². The van der Waals surface area contributed by atoms with Gasteiger partial charge in [-0.15, -0.1) is 0 Å². The summed E-state index contributed by atoms with van der Waals surface area (Å²) in [5, 5.41) is 11.5. The topological polar surface area (TPSA) is 79.7 Å². The first-order chi connectivity index (χ1) is 17.3. The molecule has 1 atom stereocenters. The summed E-state index contributed by atoms with van der Waals surface area (Å²) >= 11 is 0. The molecule has 0 bridgehead atoms. The first kappa shape index (κ1) is 26.1. The Bertz CT molecular complexity index is 1360. The maximum absolute atomic E-state index is 13.5. The van der Waals surface area contributed by atoms with Crippen LogP contribution in [-0.2, 0) is 20.4 Å². The molecule has 1 N–H and O–H groups in total. The number of aliphatic hydroxyl groups is 1. The van der Waals surface area contributed by atoms with E-state index in [-0.39, 0.29) is 22.2 Å². The lowest BCUT2D eigenvalue weighted by Crippen LogP contribution is -2.29. The maximum Gasteiger partial charge on any atom is 0.300 e. The van der Waals surface area contributed by atoms with Crippen molar-refractivity contribution in [3.8, 4) is 5.75 Å². The normalized spacial score (nSPS) is 17.8. The summed E-state index contributed by atoms with van der Waals surface area (Å²) in [5.74, 6) is -0.968. The third-order valence-electron chi connectivity index (χ3n) is 6.74. The van der Waals surface area contributed by atoms with Gasteiger partial charge in [-0.3, -0.25) is 19.5 Å². The highest BCUT2D eigenvalue weighted by atomic mass is 16.5. The molecule has 0 spiro atoms. The molecule has 0 aliphatic carbocycles. The Balaban J connectivity index is 1.91. The number of amides is 1. The van der Waals surface area contributed by atoms with E-state index >= 15 is 0 Å². The van der Waals surface area contributed by atoms with E-state index < -0.39 is 17.7 Å². The zero-order valence-electron chi connectivity index (χ0n) is 22.5. The van der Waals surface area contributed by atoms with Gasteiger partial charge in [0.05, 0.1) is 18.7 Å². The highest BCUT2D eigenvalue weighted by Crippen LogP contribution is 2.43. The Morgan fingerprint density at radius 2 is 1.62 bits per heavy atom. The van der Waals surface area contributed by atoms with Gasteiger partial charge in [0, 0.05) is 29.2 Å². The summed E-state index contributed by atoms with van der Waals surface area (Å²) in [4.78, 5) is 32.6. The predicted molar refractivity (Wildman–Crippen MR) is 146 cm³/mol. The van der Waals surface area contributed by atoms with Gasteiger partial charge in [-0.2, -0.15) is 0 Å². The third kappa shape index (κ3) is 4.88. The van der Waals surface area contributed by atoms with Crippen LogP contribution in [0.2, 0.25) is 0 Å². The second-order valence-corrected chi connectivity index (χ2v) is 11.4. The fourth-order valence-corrected chi connectivity index (χ4v) is 4.67. The van der Waals surface area contributed by atoms with Crippen molar-refractivity contribution in [3.63, 3.8) is 0 Å². The van der Waals surface area contributed by atoms with Crippen LogP contribution < -0.4 is 9.64 Å². The van der Waals surface area contributed by atoms with E-state index in [2.05, 4.69) is 25.8 Å². The fraction of sp³-hybridized carbons (Fsp3) is 0.323. The molecule has 1 saturated heterocycles. The van der Waals surface area contributed by atoms with Crippen LogP contribution in [0.3, 0.4) is 0 Å². The summed E-state index contributed by atoms with van der Waals surface area (Å²) in [6.07, 6.45) is 3.25. The Morgan fingerprint density at radius 1 is 0.946 bits per heavy atom. The molecule has 0 saturated carbocycles. The number of ketones is 1. The zero-order chi connectivity index (χ0) is 27.1. The lowest BCUT2D eigenvalue weighted by atomic mass is 9.84. The number of Topliss-reactive ketones (excluding diaryl/α,β-unsaturated/α-hetero) is 1. The van der Waals surface area contributed by atoms with Crippen molar-refractivity contribution < 1.29 is 19.4 Å². The average molecular weight is 499 g/mol. The van der Waals surface area contributed by atoms with Gasteiger partial charge in [0.2, 0.25) is 0 Å². The molecule has 3 aromatic rings. The first-order valence-corrected chi connectivity index (χ1v) is 12.3. The minimum atomic E-state index is -0.825. The molecule has 6 heteroatoms. The minimum Gasteiger partial charge on any atom is -0.507 e.